The van der Waals surface area contributed by atoms with E-state index in [9.17, 15) is 0 Å². The highest BCUT2D eigenvalue weighted by atomic mass is 35.5. The summed E-state index contributed by atoms with van der Waals surface area (Å²) in [5.74, 6) is 0. The minimum atomic E-state index is 0.643. The van der Waals surface area contributed by atoms with Gasteiger partial charge >= 0.3 is 0 Å². The number of halogens is 1. The van der Waals surface area contributed by atoms with E-state index in [1.54, 1.807) is 29.2 Å². The van der Waals surface area contributed by atoms with Crippen molar-refractivity contribution in [2.75, 3.05) is 12.0 Å². The van der Waals surface area contributed by atoms with Gasteiger partial charge in [-0.1, -0.05) is 46.5 Å². The van der Waals surface area contributed by atoms with Crippen molar-refractivity contribution in [2.24, 2.45) is 0 Å². The van der Waals surface area contributed by atoms with Crippen LogP contribution in [0, 0.1) is 0 Å². The molecule has 0 radical (unpaired) electrons. The van der Waals surface area contributed by atoms with Crippen LogP contribution in [0.1, 0.15) is 0 Å². The number of aromatic nitrogens is 2. The molecule has 3 nitrogen and oxygen atoms in total. The van der Waals surface area contributed by atoms with Gasteiger partial charge in [-0.2, -0.15) is 0 Å². The van der Waals surface area contributed by atoms with Gasteiger partial charge in [-0.05, 0) is 24.5 Å². The highest BCUT2D eigenvalue weighted by Crippen LogP contribution is 2.36. The maximum absolute atomic E-state index is 5.85. The van der Waals surface area contributed by atoms with Crippen LogP contribution in [-0.4, -0.2) is 16.5 Å². The zero-order valence-electron chi connectivity index (χ0n) is 8.31. The summed E-state index contributed by atoms with van der Waals surface area (Å²) in [4.78, 5) is 0.952. The summed E-state index contributed by atoms with van der Waals surface area (Å²) < 4.78 is 1.84. The predicted octanol–water partition coefficient (Wildman–Crippen LogP) is 3.65. The highest BCUT2D eigenvalue weighted by molar-refractivity contribution is 8.03. The van der Waals surface area contributed by atoms with Crippen LogP contribution in [0.15, 0.2) is 31.8 Å². The number of benzene rings is 1. The minimum Gasteiger partial charge on any atom is -0.398 e. The molecular weight excluding hydrogens is 282 g/mol. The fourth-order valence-corrected chi connectivity index (χ4v) is 3.63. The number of nitrogens with two attached hydrogens (primary N) is 1. The molecule has 0 fully saturated rings. The Morgan fingerprint density at radius 1 is 1.31 bits per heavy atom. The Morgan fingerprint density at radius 2 is 2.06 bits per heavy atom. The molecule has 1 aromatic carbocycles. The van der Waals surface area contributed by atoms with Crippen LogP contribution in [0.5, 0.6) is 0 Å². The van der Waals surface area contributed by atoms with Crippen molar-refractivity contribution in [1.82, 2.24) is 10.2 Å². The van der Waals surface area contributed by atoms with Crippen molar-refractivity contribution in [3.05, 3.63) is 23.2 Å². The third-order valence-electron chi connectivity index (χ3n) is 1.73. The van der Waals surface area contributed by atoms with Gasteiger partial charge in [0, 0.05) is 15.6 Å². The molecule has 2 aromatic rings. The van der Waals surface area contributed by atoms with Gasteiger partial charge in [-0.3, -0.25) is 0 Å². The molecule has 0 spiro atoms. The molecule has 0 unspecified atom stereocenters. The summed E-state index contributed by atoms with van der Waals surface area (Å²) in [6, 6.07) is 5.44. The number of hydrogen-bond donors (Lipinski definition) is 1. The van der Waals surface area contributed by atoms with Gasteiger partial charge < -0.3 is 5.73 Å². The molecule has 1 heterocycles. The van der Waals surface area contributed by atoms with Crippen molar-refractivity contribution in [1.29, 1.82) is 0 Å². The lowest BCUT2D eigenvalue weighted by molar-refractivity contribution is 0.956. The van der Waals surface area contributed by atoms with E-state index in [0.717, 1.165) is 13.6 Å². The fraction of sp³-hybridized carbons (Fsp3) is 0.111. The zero-order valence-corrected chi connectivity index (χ0v) is 11.5. The second-order valence-corrected chi connectivity index (χ2v) is 6.58. The molecule has 0 atom stereocenters. The first kappa shape index (κ1) is 12.0. The molecule has 16 heavy (non-hydrogen) atoms. The first-order valence-electron chi connectivity index (χ1n) is 4.29. The van der Waals surface area contributed by atoms with E-state index < -0.39 is 0 Å². The van der Waals surface area contributed by atoms with Gasteiger partial charge in [0.25, 0.3) is 0 Å². The third kappa shape index (κ3) is 2.82. The van der Waals surface area contributed by atoms with Gasteiger partial charge in [0.1, 0.15) is 0 Å². The standard InChI is InChI=1S/C9H8ClN3S3/c1-14-8-12-13-9(16-8)15-7-3-2-5(10)4-6(7)11/h2-4H,11H2,1H3. The average molecular weight is 290 g/mol. The second kappa shape index (κ2) is 5.27. The van der Waals surface area contributed by atoms with E-state index >= 15 is 0 Å². The Labute approximate surface area is 111 Å². The van der Waals surface area contributed by atoms with E-state index in [2.05, 4.69) is 10.2 Å². The number of thioether (sulfide) groups is 1. The first-order valence-corrected chi connectivity index (χ1v) is 7.53. The highest BCUT2D eigenvalue weighted by Gasteiger charge is 2.07. The Bertz CT molecular complexity index is 500. The van der Waals surface area contributed by atoms with Crippen LogP contribution in [0.2, 0.25) is 5.02 Å². The van der Waals surface area contributed by atoms with E-state index in [0.29, 0.717) is 10.7 Å². The number of nitrogens with zero attached hydrogens (tertiary/aromatic N) is 2. The van der Waals surface area contributed by atoms with Crippen molar-refractivity contribution in [3.63, 3.8) is 0 Å². The number of rotatable bonds is 3. The number of hydrogen-bond acceptors (Lipinski definition) is 6. The molecule has 0 bridgehead atoms. The van der Waals surface area contributed by atoms with E-state index in [1.165, 1.54) is 11.8 Å². The first-order chi connectivity index (χ1) is 7.69. The van der Waals surface area contributed by atoms with E-state index in [4.69, 9.17) is 17.3 Å². The van der Waals surface area contributed by atoms with Crippen LogP contribution in [0.4, 0.5) is 5.69 Å². The number of nitrogen functional groups attached to an aromatic ring is 1. The van der Waals surface area contributed by atoms with Gasteiger partial charge in [0.2, 0.25) is 0 Å². The van der Waals surface area contributed by atoms with E-state index in [1.807, 2.05) is 18.4 Å². The summed E-state index contributed by atoms with van der Waals surface area (Å²) in [7, 11) is 0. The van der Waals surface area contributed by atoms with Crippen molar-refractivity contribution in [3.8, 4) is 0 Å². The summed E-state index contributed by atoms with van der Waals surface area (Å²) in [5.41, 5.74) is 6.52. The average Bonchev–Trinajstić information content (AvgIpc) is 2.70. The molecule has 2 N–H and O–H groups in total. The smallest absolute Gasteiger partial charge is 0.179 e. The molecule has 0 aliphatic rings. The van der Waals surface area contributed by atoms with Crippen molar-refractivity contribution >= 4 is 52.1 Å². The third-order valence-corrected chi connectivity index (χ3v) is 5.01. The quantitative estimate of drug-likeness (QED) is 0.690. The largest absolute Gasteiger partial charge is 0.398 e. The van der Waals surface area contributed by atoms with Gasteiger partial charge in [0.05, 0.1) is 0 Å². The van der Waals surface area contributed by atoms with Gasteiger partial charge in [-0.25, -0.2) is 0 Å². The summed E-state index contributed by atoms with van der Waals surface area (Å²) in [6.45, 7) is 0. The summed E-state index contributed by atoms with van der Waals surface area (Å²) in [6.07, 6.45) is 1.98. The summed E-state index contributed by atoms with van der Waals surface area (Å²) in [5, 5.41) is 8.73. The fourth-order valence-electron chi connectivity index (χ4n) is 1.03. The number of anilines is 1. The normalized spacial score (nSPS) is 10.6. The van der Waals surface area contributed by atoms with Crippen LogP contribution in [-0.2, 0) is 0 Å². The van der Waals surface area contributed by atoms with Crippen LogP contribution < -0.4 is 5.73 Å². The molecule has 0 aliphatic heterocycles. The topological polar surface area (TPSA) is 51.8 Å². The molecule has 0 saturated heterocycles. The summed E-state index contributed by atoms with van der Waals surface area (Å²) >= 11 is 10.5. The lowest BCUT2D eigenvalue weighted by atomic mass is 10.3. The van der Waals surface area contributed by atoms with Gasteiger partial charge in [-0.15, -0.1) is 10.2 Å². The van der Waals surface area contributed by atoms with E-state index in [-0.39, 0.29) is 0 Å². The van der Waals surface area contributed by atoms with Gasteiger partial charge in [0.15, 0.2) is 8.68 Å². The van der Waals surface area contributed by atoms with Crippen LogP contribution in [0.3, 0.4) is 0 Å². The minimum absolute atomic E-state index is 0.643. The maximum Gasteiger partial charge on any atom is 0.179 e. The predicted molar refractivity (Wildman–Crippen MR) is 71.7 cm³/mol. The monoisotopic (exact) mass is 289 g/mol. The second-order valence-electron chi connectivity index (χ2n) is 2.82. The lowest BCUT2D eigenvalue weighted by Gasteiger charge is -2.02. The lowest BCUT2D eigenvalue weighted by Crippen LogP contribution is -1.87. The Balaban J connectivity index is 2.20. The Kier molecular flexibility index (Phi) is 3.96. The zero-order chi connectivity index (χ0) is 11.5. The Hall–Kier alpha value is -0.430. The molecule has 84 valence electrons. The molecular formula is C9H8ClN3S3. The molecule has 0 aliphatic carbocycles. The molecule has 2 rings (SSSR count). The molecule has 7 heteroatoms. The molecule has 1 aromatic heterocycles. The van der Waals surface area contributed by atoms with Crippen molar-refractivity contribution < 1.29 is 0 Å². The SMILES string of the molecule is CSc1nnc(Sc2ccc(Cl)cc2N)s1. The van der Waals surface area contributed by atoms with Crippen LogP contribution in [0.25, 0.3) is 0 Å². The van der Waals surface area contributed by atoms with Crippen LogP contribution >= 0.6 is 46.5 Å². The molecule has 0 saturated carbocycles. The van der Waals surface area contributed by atoms with Crippen molar-refractivity contribution in [2.45, 2.75) is 13.6 Å². The molecule has 0 amide bonds. The maximum atomic E-state index is 5.85. The Morgan fingerprint density at radius 3 is 2.69 bits per heavy atom.